The molecule has 1 aliphatic heterocycles. The second-order valence-electron chi connectivity index (χ2n) is 5.01. The lowest BCUT2D eigenvalue weighted by Crippen LogP contribution is -2.45. The minimum atomic E-state index is 0.0674. The topological polar surface area (TPSA) is 58.4 Å². The van der Waals surface area contributed by atoms with Crippen molar-refractivity contribution < 1.29 is 4.79 Å². The van der Waals surface area contributed by atoms with E-state index in [1.54, 1.807) is 7.05 Å². The quantitative estimate of drug-likeness (QED) is 0.716. The van der Waals surface area contributed by atoms with Gasteiger partial charge in [0.25, 0.3) is 0 Å². The average molecular weight is 227 g/mol. The van der Waals surface area contributed by atoms with Gasteiger partial charge in [-0.15, -0.1) is 0 Å². The number of carbonyl (C=O) groups excluding carboxylic acids is 1. The van der Waals surface area contributed by atoms with Crippen molar-refractivity contribution in [3.05, 3.63) is 0 Å². The monoisotopic (exact) mass is 227 g/mol. The molecule has 0 spiro atoms. The first-order valence-electron chi connectivity index (χ1n) is 6.25. The standard InChI is InChI=1S/C12H25N3O/c1-9(2)10(7-13)8-15-6-4-5-11(15)12(16)14-3/h9-11H,4-8,13H2,1-3H3,(H,14,16). The Hall–Kier alpha value is -0.610. The van der Waals surface area contributed by atoms with Crippen molar-refractivity contribution in [3.63, 3.8) is 0 Å². The highest BCUT2D eigenvalue weighted by atomic mass is 16.2. The third-order valence-electron chi connectivity index (χ3n) is 3.63. The molecule has 2 atom stereocenters. The van der Waals surface area contributed by atoms with Gasteiger partial charge in [-0.1, -0.05) is 13.8 Å². The molecule has 0 aliphatic carbocycles. The van der Waals surface area contributed by atoms with E-state index < -0.39 is 0 Å². The van der Waals surface area contributed by atoms with Gasteiger partial charge < -0.3 is 11.1 Å². The molecule has 1 amide bonds. The van der Waals surface area contributed by atoms with Crippen LogP contribution in [0.25, 0.3) is 0 Å². The Labute approximate surface area is 98.6 Å². The first-order chi connectivity index (χ1) is 7.60. The van der Waals surface area contributed by atoms with Crippen molar-refractivity contribution in [3.8, 4) is 0 Å². The maximum atomic E-state index is 11.7. The molecule has 1 saturated heterocycles. The summed E-state index contributed by atoms with van der Waals surface area (Å²) in [6.45, 7) is 7.08. The van der Waals surface area contributed by atoms with Crippen LogP contribution in [0.15, 0.2) is 0 Å². The molecular formula is C12H25N3O. The lowest BCUT2D eigenvalue weighted by molar-refractivity contribution is -0.125. The van der Waals surface area contributed by atoms with Gasteiger partial charge in [-0.05, 0) is 37.8 Å². The summed E-state index contributed by atoms with van der Waals surface area (Å²) >= 11 is 0. The summed E-state index contributed by atoms with van der Waals surface area (Å²) in [6, 6.07) is 0.0674. The van der Waals surface area contributed by atoms with E-state index in [2.05, 4.69) is 24.1 Å². The highest BCUT2D eigenvalue weighted by Crippen LogP contribution is 2.21. The zero-order valence-corrected chi connectivity index (χ0v) is 10.7. The molecule has 0 aromatic rings. The van der Waals surface area contributed by atoms with Crippen molar-refractivity contribution in [2.75, 3.05) is 26.7 Å². The van der Waals surface area contributed by atoms with Crippen LogP contribution < -0.4 is 11.1 Å². The summed E-state index contributed by atoms with van der Waals surface area (Å²) < 4.78 is 0. The summed E-state index contributed by atoms with van der Waals surface area (Å²) in [5.74, 6) is 1.22. The van der Waals surface area contributed by atoms with E-state index in [1.165, 1.54) is 0 Å². The Bertz CT molecular complexity index is 230. The summed E-state index contributed by atoms with van der Waals surface area (Å²) in [7, 11) is 1.71. The minimum absolute atomic E-state index is 0.0674. The fourth-order valence-electron chi connectivity index (χ4n) is 2.37. The number of rotatable bonds is 5. The number of amides is 1. The Morgan fingerprint density at radius 3 is 2.75 bits per heavy atom. The van der Waals surface area contributed by atoms with Crippen LogP contribution in [0.4, 0.5) is 0 Å². The molecular weight excluding hydrogens is 202 g/mol. The molecule has 1 fully saturated rings. The van der Waals surface area contributed by atoms with Crippen LogP contribution in [-0.2, 0) is 4.79 Å². The lowest BCUT2D eigenvalue weighted by atomic mass is 9.95. The van der Waals surface area contributed by atoms with E-state index in [9.17, 15) is 4.79 Å². The first-order valence-corrected chi connectivity index (χ1v) is 6.25. The van der Waals surface area contributed by atoms with E-state index in [-0.39, 0.29) is 11.9 Å². The largest absolute Gasteiger partial charge is 0.358 e. The van der Waals surface area contributed by atoms with Crippen LogP contribution in [0.1, 0.15) is 26.7 Å². The molecule has 1 rings (SSSR count). The summed E-state index contributed by atoms with van der Waals surface area (Å²) in [4.78, 5) is 14.0. The maximum Gasteiger partial charge on any atom is 0.237 e. The molecule has 0 aromatic heterocycles. The molecule has 4 nitrogen and oxygen atoms in total. The van der Waals surface area contributed by atoms with E-state index in [0.29, 0.717) is 18.4 Å². The summed E-state index contributed by atoms with van der Waals surface area (Å²) in [5, 5.41) is 2.75. The van der Waals surface area contributed by atoms with E-state index in [1.807, 2.05) is 0 Å². The average Bonchev–Trinajstić information content (AvgIpc) is 2.72. The third-order valence-corrected chi connectivity index (χ3v) is 3.63. The Morgan fingerprint density at radius 2 is 2.25 bits per heavy atom. The molecule has 0 radical (unpaired) electrons. The highest BCUT2D eigenvalue weighted by Gasteiger charge is 2.31. The fraction of sp³-hybridized carbons (Fsp3) is 0.917. The second-order valence-corrected chi connectivity index (χ2v) is 5.01. The van der Waals surface area contributed by atoms with E-state index in [0.717, 1.165) is 25.9 Å². The van der Waals surface area contributed by atoms with Gasteiger partial charge in [0.1, 0.15) is 0 Å². The second kappa shape index (κ2) is 6.21. The number of nitrogens with zero attached hydrogens (tertiary/aromatic N) is 1. The van der Waals surface area contributed by atoms with Crippen LogP contribution in [0.2, 0.25) is 0 Å². The molecule has 16 heavy (non-hydrogen) atoms. The molecule has 0 aromatic carbocycles. The summed E-state index contributed by atoms with van der Waals surface area (Å²) in [6.07, 6.45) is 2.10. The number of likely N-dealkylation sites (tertiary alicyclic amines) is 1. The molecule has 0 bridgehead atoms. The van der Waals surface area contributed by atoms with Gasteiger partial charge >= 0.3 is 0 Å². The zero-order chi connectivity index (χ0) is 12.1. The number of likely N-dealkylation sites (N-methyl/N-ethyl adjacent to an activating group) is 1. The van der Waals surface area contributed by atoms with Crippen LogP contribution in [0.3, 0.4) is 0 Å². The molecule has 1 heterocycles. The third kappa shape index (κ3) is 3.19. The Kier molecular flexibility index (Phi) is 5.22. The van der Waals surface area contributed by atoms with Crippen molar-refractivity contribution >= 4 is 5.91 Å². The first kappa shape index (κ1) is 13.5. The molecule has 1 aliphatic rings. The van der Waals surface area contributed by atoms with Gasteiger partial charge in [0.05, 0.1) is 6.04 Å². The minimum Gasteiger partial charge on any atom is -0.358 e. The van der Waals surface area contributed by atoms with Gasteiger partial charge in [-0.3, -0.25) is 9.69 Å². The Morgan fingerprint density at radius 1 is 1.56 bits per heavy atom. The van der Waals surface area contributed by atoms with Gasteiger partial charge in [0.2, 0.25) is 5.91 Å². The number of hydrogen-bond acceptors (Lipinski definition) is 3. The molecule has 3 N–H and O–H groups in total. The van der Waals surface area contributed by atoms with Crippen molar-refractivity contribution in [2.45, 2.75) is 32.7 Å². The van der Waals surface area contributed by atoms with Crippen molar-refractivity contribution in [1.29, 1.82) is 0 Å². The number of nitrogens with two attached hydrogens (primary N) is 1. The van der Waals surface area contributed by atoms with E-state index in [4.69, 9.17) is 5.73 Å². The zero-order valence-electron chi connectivity index (χ0n) is 10.7. The van der Waals surface area contributed by atoms with Gasteiger partial charge in [-0.2, -0.15) is 0 Å². The van der Waals surface area contributed by atoms with Crippen molar-refractivity contribution in [1.82, 2.24) is 10.2 Å². The van der Waals surface area contributed by atoms with Crippen LogP contribution in [0.5, 0.6) is 0 Å². The van der Waals surface area contributed by atoms with Gasteiger partial charge in [0, 0.05) is 13.6 Å². The maximum absolute atomic E-state index is 11.7. The van der Waals surface area contributed by atoms with Crippen LogP contribution >= 0.6 is 0 Å². The smallest absolute Gasteiger partial charge is 0.237 e. The van der Waals surface area contributed by atoms with Gasteiger partial charge in [0.15, 0.2) is 0 Å². The number of carbonyl (C=O) groups is 1. The molecule has 4 heteroatoms. The van der Waals surface area contributed by atoms with Crippen LogP contribution in [0, 0.1) is 11.8 Å². The van der Waals surface area contributed by atoms with Gasteiger partial charge in [-0.25, -0.2) is 0 Å². The van der Waals surface area contributed by atoms with Crippen LogP contribution in [-0.4, -0.2) is 43.5 Å². The van der Waals surface area contributed by atoms with E-state index >= 15 is 0 Å². The SMILES string of the molecule is CNC(=O)C1CCCN1CC(CN)C(C)C. The highest BCUT2D eigenvalue weighted by molar-refractivity contribution is 5.81. The molecule has 0 saturated carbocycles. The molecule has 94 valence electrons. The fourth-order valence-corrected chi connectivity index (χ4v) is 2.37. The predicted molar refractivity (Wildman–Crippen MR) is 66.0 cm³/mol. The predicted octanol–water partition coefficient (Wildman–Crippen LogP) is 0.428. The molecule has 2 unspecified atom stereocenters. The Balaban J connectivity index is 2.54. The summed E-state index contributed by atoms with van der Waals surface area (Å²) in [5.41, 5.74) is 5.78. The number of nitrogens with one attached hydrogen (secondary N) is 1. The van der Waals surface area contributed by atoms with Crippen molar-refractivity contribution in [2.24, 2.45) is 17.6 Å². The number of hydrogen-bond donors (Lipinski definition) is 2. The lowest BCUT2D eigenvalue weighted by Gasteiger charge is -2.29. The normalized spacial score (nSPS) is 23.7.